The summed E-state index contributed by atoms with van der Waals surface area (Å²) in [4.78, 5) is -0.320. The van der Waals surface area contributed by atoms with Crippen molar-refractivity contribution in [1.82, 2.24) is 0 Å². The van der Waals surface area contributed by atoms with Crippen molar-refractivity contribution in [3.8, 4) is 0 Å². The van der Waals surface area contributed by atoms with Gasteiger partial charge >= 0.3 is 0 Å². The van der Waals surface area contributed by atoms with Gasteiger partial charge in [0.15, 0.2) is 4.24 Å². The van der Waals surface area contributed by atoms with E-state index >= 15 is 0 Å². The van der Waals surface area contributed by atoms with Crippen molar-refractivity contribution in [3.05, 3.63) is 101 Å². The van der Waals surface area contributed by atoms with Crippen LogP contribution in [-0.4, -0.2) is 16.8 Å². The SMILES string of the molecule is O=S(=O)(C(=Cc1cccc(F)c1)S(=O)(=O)c1ccccc1)c1ccccc1. The summed E-state index contributed by atoms with van der Waals surface area (Å²) in [6.07, 6.45) is 0.980. The monoisotopic (exact) mass is 402 g/mol. The van der Waals surface area contributed by atoms with Gasteiger partial charge < -0.3 is 0 Å². The Hall–Kier alpha value is -2.77. The molecule has 0 heterocycles. The first kappa shape index (κ1) is 19.0. The fourth-order valence-electron chi connectivity index (χ4n) is 2.46. The van der Waals surface area contributed by atoms with Crippen LogP contribution in [0.1, 0.15) is 5.56 Å². The molecule has 0 aliphatic carbocycles. The number of halogens is 1. The maximum absolute atomic E-state index is 13.5. The fourth-order valence-corrected chi connectivity index (χ4v) is 6.27. The molecule has 0 N–H and O–H groups in total. The second-order valence-electron chi connectivity index (χ2n) is 5.65. The summed E-state index contributed by atoms with van der Waals surface area (Å²) in [6, 6.07) is 19.6. The van der Waals surface area contributed by atoms with Crippen LogP contribution < -0.4 is 0 Å². The van der Waals surface area contributed by atoms with Gasteiger partial charge in [-0.15, -0.1) is 0 Å². The molecule has 0 atom stereocenters. The highest BCUT2D eigenvalue weighted by atomic mass is 32.3. The van der Waals surface area contributed by atoms with E-state index in [1.165, 1.54) is 66.7 Å². The minimum atomic E-state index is -4.37. The maximum Gasteiger partial charge on any atom is 0.217 e. The predicted molar refractivity (Wildman–Crippen MR) is 102 cm³/mol. The van der Waals surface area contributed by atoms with E-state index in [9.17, 15) is 21.2 Å². The van der Waals surface area contributed by atoms with Crippen LogP contribution in [0.4, 0.5) is 4.39 Å². The highest BCUT2D eigenvalue weighted by Gasteiger charge is 2.33. The summed E-state index contributed by atoms with van der Waals surface area (Å²) < 4.78 is 65.1. The highest BCUT2D eigenvalue weighted by Crippen LogP contribution is 2.30. The molecule has 0 saturated carbocycles. The van der Waals surface area contributed by atoms with E-state index in [1.54, 1.807) is 12.1 Å². The Balaban J connectivity index is 2.28. The molecule has 27 heavy (non-hydrogen) atoms. The summed E-state index contributed by atoms with van der Waals surface area (Å²) in [7, 11) is -8.73. The molecule has 0 fully saturated rings. The minimum Gasteiger partial charge on any atom is -0.218 e. The van der Waals surface area contributed by atoms with Crippen LogP contribution in [0.15, 0.2) is 99.0 Å². The van der Waals surface area contributed by atoms with Crippen molar-refractivity contribution >= 4 is 25.8 Å². The van der Waals surface area contributed by atoms with Crippen molar-refractivity contribution in [2.45, 2.75) is 9.79 Å². The topological polar surface area (TPSA) is 68.3 Å². The van der Waals surface area contributed by atoms with Crippen LogP contribution in [0.25, 0.3) is 6.08 Å². The van der Waals surface area contributed by atoms with Gasteiger partial charge in [0.1, 0.15) is 5.82 Å². The Morgan fingerprint density at radius 2 is 1.15 bits per heavy atom. The minimum absolute atomic E-state index is 0.129. The molecular formula is C20H15FO4S2. The quantitative estimate of drug-likeness (QED) is 0.645. The molecule has 0 spiro atoms. The van der Waals surface area contributed by atoms with Gasteiger partial charge in [0, 0.05) is 0 Å². The summed E-state index contributed by atoms with van der Waals surface area (Å²) in [6.45, 7) is 0. The predicted octanol–water partition coefficient (Wildman–Crippen LogP) is 4.07. The lowest BCUT2D eigenvalue weighted by Crippen LogP contribution is -2.15. The molecule has 3 aromatic rings. The van der Waals surface area contributed by atoms with Crippen molar-refractivity contribution < 1.29 is 21.2 Å². The summed E-state index contributed by atoms with van der Waals surface area (Å²) in [5, 5.41) is 0. The van der Waals surface area contributed by atoms with E-state index in [2.05, 4.69) is 0 Å². The molecule has 0 aliphatic rings. The normalized spacial score (nSPS) is 11.7. The van der Waals surface area contributed by atoms with Gasteiger partial charge in [0.2, 0.25) is 19.7 Å². The number of sulfone groups is 2. The summed E-state index contributed by atoms with van der Waals surface area (Å²) in [5.74, 6) is -0.600. The van der Waals surface area contributed by atoms with Gasteiger partial charge in [-0.1, -0.05) is 48.5 Å². The lowest BCUT2D eigenvalue weighted by atomic mass is 10.2. The lowest BCUT2D eigenvalue weighted by molar-refractivity contribution is 0.595. The van der Waals surface area contributed by atoms with Gasteiger partial charge in [-0.25, -0.2) is 21.2 Å². The Bertz CT molecular complexity index is 1110. The van der Waals surface area contributed by atoms with Crippen molar-refractivity contribution in [1.29, 1.82) is 0 Å². The zero-order valence-corrected chi connectivity index (χ0v) is 15.6. The first-order valence-electron chi connectivity index (χ1n) is 7.89. The third kappa shape index (κ3) is 3.99. The van der Waals surface area contributed by atoms with Crippen molar-refractivity contribution in [2.24, 2.45) is 0 Å². The van der Waals surface area contributed by atoms with Crippen LogP contribution in [0, 0.1) is 5.82 Å². The van der Waals surface area contributed by atoms with E-state index < -0.39 is 29.7 Å². The van der Waals surface area contributed by atoms with Crippen molar-refractivity contribution in [3.63, 3.8) is 0 Å². The van der Waals surface area contributed by atoms with Gasteiger partial charge in [-0.2, -0.15) is 0 Å². The van der Waals surface area contributed by atoms with E-state index in [-0.39, 0.29) is 15.4 Å². The van der Waals surface area contributed by atoms with Gasteiger partial charge in [0.25, 0.3) is 0 Å². The number of rotatable bonds is 5. The number of hydrogen-bond donors (Lipinski definition) is 0. The molecule has 0 unspecified atom stereocenters. The highest BCUT2D eigenvalue weighted by molar-refractivity contribution is 8.14. The Labute approximate surface area is 157 Å². The molecule has 0 bridgehead atoms. The molecule has 0 aliphatic heterocycles. The third-order valence-electron chi connectivity index (χ3n) is 3.77. The largest absolute Gasteiger partial charge is 0.218 e. The number of benzene rings is 3. The standard InChI is InChI=1S/C20H15FO4S2/c21-17-9-7-8-16(14-17)15-20(26(22,23)18-10-3-1-4-11-18)27(24,25)19-12-5-2-6-13-19/h1-15H. The van der Waals surface area contributed by atoms with E-state index in [4.69, 9.17) is 0 Å². The lowest BCUT2D eigenvalue weighted by Gasteiger charge is -2.11. The molecular weight excluding hydrogens is 387 g/mol. The number of hydrogen-bond acceptors (Lipinski definition) is 4. The van der Waals surface area contributed by atoms with Crippen LogP contribution in [0.3, 0.4) is 0 Å². The summed E-state index contributed by atoms with van der Waals surface area (Å²) >= 11 is 0. The molecule has 0 aromatic heterocycles. The van der Waals surface area contributed by atoms with E-state index in [0.29, 0.717) is 0 Å². The molecule has 0 saturated heterocycles. The first-order valence-corrected chi connectivity index (χ1v) is 10.9. The molecule has 3 rings (SSSR count). The van der Waals surface area contributed by atoms with Crippen LogP contribution in [0.2, 0.25) is 0 Å². The Morgan fingerprint density at radius 3 is 1.59 bits per heavy atom. The zero-order chi connectivity index (χ0) is 19.5. The second-order valence-corrected chi connectivity index (χ2v) is 9.75. The van der Waals surface area contributed by atoms with Crippen LogP contribution >= 0.6 is 0 Å². The Morgan fingerprint density at radius 1 is 0.667 bits per heavy atom. The van der Waals surface area contributed by atoms with Crippen molar-refractivity contribution in [2.75, 3.05) is 0 Å². The third-order valence-corrected chi connectivity index (χ3v) is 8.17. The van der Waals surface area contributed by atoms with Crippen LogP contribution in [0.5, 0.6) is 0 Å². The molecule has 0 radical (unpaired) electrons. The van der Waals surface area contributed by atoms with Gasteiger partial charge in [-0.05, 0) is 48.0 Å². The molecule has 7 heteroatoms. The second kappa shape index (κ2) is 7.46. The first-order chi connectivity index (χ1) is 12.8. The average Bonchev–Trinajstić information content (AvgIpc) is 2.67. The van der Waals surface area contributed by atoms with Gasteiger partial charge in [-0.3, -0.25) is 0 Å². The molecule has 138 valence electrons. The fraction of sp³-hybridized carbons (Fsp3) is 0. The average molecular weight is 402 g/mol. The smallest absolute Gasteiger partial charge is 0.217 e. The summed E-state index contributed by atoms with van der Waals surface area (Å²) in [5.41, 5.74) is 0.129. The van der Waals surface area contributed by atoms with E-state index in [1.807, 2.05) is 0 Å². The van der Waals surface area contributed by atoms with E-state index in [0.717, 1.165) is 12.1 Å². The molecule has 4 nitrogen and oxygen atoms in total. The molecule has 3 aromatic carbocycles. The Kier molecular flexibility index (Phi) is 5.25. The zero-order valence-electron chi connectivity index (χ0n) is 14.0. The van der Waals surface area contributed by atoms with Gasteiger partial charge in [0.05, 0.1) is 9.79 Å². The maximum atomic E-state index is 13.5. The van der Waals surface area contributed by atoms with Crippen LogP contribution in [-0.2, 0) is 19.7 Å². The molecule has 0 amide bonds.